The van der Waals surface area contributed by atoms with Crippen LogP contribution in [0.4, 0.5) is 0 Å². The van der Waals surface area contributed by atoms with Crippen molar-refractivity contribution in [2.24, 2.45) is 0 Å². The third kappa shape index (κ3) is 4.80. The van der Waals surface area contributed by atoms with Gasteiger partial charge in [0, 0.05) is 18.7 Å². The number of ether oxygens (including phenoxy) is 2. The number of benzene rings is 2. The number of rotatable bonds is 4. The van der Waals surface area contributed by atoms with Crippen molar-refractivity contribution in [1.82, 2.24) is 4.90 Å². The van der Waals surface area contributed by atoms with Gasteiger partial charge < -0.3 is 14.4 Å². The number of hydrogen-bond donors (Lipinski definition) is 0. The van der Waals surface area contributed by atoms with Crippen LogP contribution in [0.1, 0.15) is 30.5 Å². The molecule has 1 fully saturated rings. The van der Waals surface area contributed by atoms with E-state index in [1.165, 1.54) is 11.1 Å². The summed E-state index contributed by atoms with van der Waals surface area (Å²) in [5.41, 5.74) is 3.48. The third-order valence-corrected chi connectivity index (χ3v) is 4.83. The van der Waals surface area contributed by atoms with E-state index >= 15 is 0 Å². The van der Waals surface area contributed by atoms with Gasteiger partial charge in [-0.3, -0.25) is 0 Å². The molecule has 1 aliphatic heterocycles. The second-order valence-corrected chi connectivity index (χ2v) is 7.15. The first-order valence-electron chi connectivity index (χ1n) is 8.74. The zero-order valence-corrected chi connectivity index (χ0v) is 15.9. The highest BCUT2D eigenvalue weighted by atomic mass is 32.1. The van der Waals surface area contributed by atoms with Gasteiger partial charge in [-0.25, -0.2) is 0 Å². The van der Waals surface area contributed by atoms with Crippen LogP contribution in [0.25, 0.3) is 0 Å². The van der Waals surface area contributed by atoms with Crippen molar-refractivity contribution in [3.05, 3.63) is 65.2 Å². The summed E-state index contributed by atoms with van der Waals surface area (Å²) in [5, 5.41) is 0. The van der Waals surface area contributed by atoms with Gasteiger partial charge >= 0.3 is 0 Å². The largest absolute Gasteiger partial charge is 0.489 e. The summed E-state index contributed by atoms with van der Waals surface area (Å²) in [7, 11) is 0. The van der Waals surface area contributed by atoms with Gasteiger partial charge in [-0.2, -0.15) is 0 Å². The van der Waals surface area contributed by atoms with E-state index in [9.17, 15) is 0 Å². The summed E-state index contributed by atoms with van der Waals surface area (Å²) in [4.78, 5) is 3.11. The molecule has 3 nitrogen and oxygen atoms in total. The Balaban J connectivity index is 1.59. The molecule has 2 atom stereocenters. The maximum absolute atomic E-state index is 5.87. The monoisotopic (exact) mass is 355 g/mol. The minimum Gasteiger partial charge on any atom is -0.489 e. The average molecular weight is 356 g/mol. The molecule has 1 heterocycles. The predicted molar refractivity (Wildman–Crippen MR) is 105 cm³/mol. The number of aryl methyl sites for hydroxylation is 1. The number of nitrogens with zero attached hydrogens (tertiary/aromatic N) is 1. The molecule has 0 aromatic heterocycles. The van der Waals surface area contributed by atoms with Crippen LogP contribution in [0.2, 0.25) is 0 Å². The number of morpholine rings is 1. The summed E-state index contributed by atoms with van der Waals surface area (Å²) in [6.07, 6.45) is 0.414. The van der Waals surface area contributed by atoms with Crippen LogP contribution >= 0.6 is 12.2 Å². The fraction of sp³-hybridized carbons (Fsp3) is 0.381. The van der Waals surface area contributed by atoms with E-state index in [2.05, 4.69) is 49.9 Å². The van der Waals surface area contributed by atoms with Crippen molar-refractivity contribution in [2.75, 3.05) is 13.1 Å². The molecule has 2 aromatic rings. The van der Waals surface area contributed by atoms with Gasteiger partial charge in [0.2, 0.25) is 0 Å². The van der Waals surface area contributed by atoms with Crippen LogP contribution in [0.3, 0.4) is 0 Å². The standard InChI is InChI=1S/C21H25NO2S/c1-15-4-6-18(7-5-15)14-23-20-10-8-19(9-11-20)21(25)22-12-16(2)24-17(3)13-22/h4-11,16-17H,12-14H2,1-3H3. The zero-order valence-electron chi connectivity index (χ0n) is 15.1. The third-order valence-electron chi connectivity index (χ3n) is 4.33. The predicted octanol–water partition coefficient (Wildman–Crippen LogP) is 4.36. The summed E-state index contributed by atoms with van der Waals surface area (Å²) >= 11 is 5.67. The topological polar surface area (TPSA) is 21.7 Å². The second kappa shape index (κ2) is 7.98. The van der Waals surface area contributed by atoms with Gasteiger partial charge in [0.05, 0.1) is 12.2 Å². The van der Waals surface area contributed by atoms with Crippen LogP contribution in [-0.4, -0.2) is 35.2 Å². The SMILES string of the molecule is Cc1ccc(COc2ccc(C(=S)N3CC(C)OC(C)C3)cc2)cc1. The molecule has 0 amide bonds. The van der Waals surface area contributed by atoms with E-state index < -0.39 is 0 Å². The van der Waals surface area contributed by atoms with E-state index in [1.54, 1.807) is 0 Å². The maximum atomic E-state index is 5.87. The Morgan fingerprint density at radius 2 is 1.64 bits per heavy atom. The molecule has 0 saturated carbocycles. The lowest BCUT2D eigenvalue weighted by molar-refractivity contribution is -0.0472. The van der Waals surface area contributed by atoms with Crippen LogP contribution in [0.15, 0.2) is 48.5 Å². The van der Waals surface area contributed by atoms with Gasteiger partial charge in [-0.1, -0.05) is 42.0 Å². The van der Waals surface area contributed by atoms with Gasteiger partial charge in [0.1, 0.15) is 17.3 Å². The number of hydrogen-bond acceptors (Lipinski definition) is 3. The summed E-state index contributed by atoms with van der Waals surface area (Å²) in [6.45, 7) is 8.52. The lowest BCUT2D eigenvalue weighted by atomic mass is 10.1. The second-order valence-electron chi connectivity index (χ2n) is 6.77. The van der Waals surface area contributed by atoms with Crippen molar-refractivity contribution < 1.29 is 9.47 Å². The summed E-state index contributed by atoms with van der Waals surface area (Å²) in [5.74, 6) is 0.857. The molecule has 2 unspecified atom stereocenters. The molecular formula is C21H25NO2S. The van der Waals surface area contributed by atoms with E-state index in [1.807, 2.05) is 24.3 Å². The lowest BCUT2D eigenvalue weighted by Crippen LogP contribution is -2.47. The molecule has 0 radical (unpaired) electrons. The van der Waals surface area contributed by atoms with Crippen LogP contribution in [-0.2, 0) is 11.3 Å². The van der Waals surface area contributed by atoms with E-state index in [0.29, 0.717) is 6.61 Å². The Morgan fingerprint density at radius 1 is 1.04 bits per heavy atom. The zero-order chi connectivity index (χ0) is 17.8. The normalized spacial score (nSPS) is 20.4. The minimum atomic E-state index is 0.207. The van der Waals surface area contributed by atoms with Crippen molar-refractivity contribution in [2.45, 2.75) is 39.6 Å². The molecule has 132 valence electrons. The van der Waals surface area contributed by atoms with E-state index in [0.717, 1.165) is 29.4 Å². The van der Waals surface area contributed by atoms with Crippen LogP contribution in [0, 0.1) is 6.92 Å². The molecule has 3 rings (SSSR count). The first-order chi connectivity index (χ1) is 12.0. The molecule has 0 bridgehead atoms. The molecule has 1 aliphatic rings. The Morgan fingerprint density at radius 3 is 2.24 bits per heavy atom. The fourth-order valence-electron chi connectivity index (χ4n) is 3.07. The Kier molecular flexibility index (Phi) is 5.71. The quantitative estimate of drug-likeness (QED) is 0.760. The molecule has 1 saturated heterocycles. The smallest absolute Gasteiger partial charge is 0.119 e. The number of thiocarbonyl (C=S) groups is 1. The highest BCUT2D eigenvalue weighted by Crippen LogP contribution is 2.19. The van der Waals surface area contributed by atoms with Gasteiger partial charge in [-0.15, -0.1) is 0 Å². The van der Waals surface area contributed by atoms with Crippen molar-refractivity contribution >= 4 is 17.2 Å². The molecule has 25 heavy (non-hydrogen) atoms. The first kappa shape index (κ1) is 17.9. The Hall–Kier alpha value is -1.91. The molecule has 2 aromatic carbocycles. The first-order valence-corrected chi connectivity index (χ1v) is 9.15. The molecule has 0 aliphatic carbocycles. The van der Waals surface area contributed by atoms with E-state index in [4.69, 9.17) is 21.7 Å². The van der Waals surface area contributed by atoms with Crippen molar-refractivity contribution in [1.29, 1.82) is 0 Å². The molecule has 0 N–H and O–H groups in total. The lowest BCUT2D eigenvalue weighted by Gasteiger charge is -2.37. The highest BCUT2D eigenvalue weighted by molar-refractivity contribution is 7.80. The Labute approximate surface area is 155 Å². The Bertz CT molecular complexity index is 702. The molecular weight excluding hydrogens is 330 g/mol. The van der Waals surface area contributed by atoms with Crippen molar-refractivity contribution in [3.8, 4) is 5.75 Å². The molecule has 0 spiro atoms. The van der Waals surface area contributed by atoms with E-state index in [-0.39, 0.29) is 12.2 Å². The summed E-state index contributed by atoms with van der Waals surface area (Å²) < 4.78 is 11.7. The highest BCUT2D eigenvalue weighted by Gasteiger charge is 2.24. The van der Waals surface area contributed by atoms with Gasteiger partial charge in [0.25, 0.3) is 0 Å². The fourth-order valence-corrected chi connectivity index (χ4v) is 3.36. The molecule has 4 heteroatoms. The van der Waals surface area contributed by atoms with Gasteiger partial charge in [0.15, 0.2) is 0 Å². The van der Waals surface area contributed by atoms with Crippen LogP contribution in [0.5, 0.6) is 5.75 Å². The summed E-state index contributed by atoms with van der Waals surface area (Å²) in [6, 6.07) is 16.5. The van der Waals surface area contributed by atoms with Crippen LogP contribution < -0.4 is 4.74 Å². The maximum Gasteiger partial charge on any atom is 0.119 e. The van der Waals surface area contributed by atoms with Crippen molar-refractivity contribution in [3.63, 3.8) is 0 Å². The van der Waals surface area contributed by atoms with Gasteiger partial charge in [-0.05, 0) is 50.6 Å². The average Bonchev–Trinajstić information content (AvgIpc) is 2.60. The minimum absolute atomic E-state index is 0.207.